The van der Waals surface area contributed by atoms with Crippen molar-refractivity contribution in [3.63, 3.8) is 0 Å². The number of hydrogen-bond donors (Lipinski definition) is 3. The third-order valence-corrected chi connectivity index (χ3v) is 4.08. The molecule has 0 bridgehead atoms. The lowest BCUT2D eigenvalue weighted by atomic mass is 9.87. The summed E-state index contributed by atoms with van der Waals surface area (Å²) < 4.78 is 0. The largest absolute Gasteiger partial charge is 0.352 e. The summed E-state index contributed by atoms with van der Waals surface area (Å²) in [5, 5.41) is 8.97. The first-order valence-electron chi connectivity index (χ1n) is 8.25. The van der Waals surface area contributed by atoms with Gasteiger partial charge in [-0.25, -0.2) is 0 Å². The molecule has 0 spiro atoms. The highest BCUT2D eigenvalue weighted by molar-refractivity contribution is 5.94. The van der Waals surface area contributed by atoms with E-state index in [0.29, 0.717) is 18.5 Å². The quantitative estimate of drug-likeness (QED) is 0.758. The second kappa shape index (κ2) is 9.04. The number of nitrogens with one attached hydrogen (secondary N) is 3. The second-order valence-electron chi connectivity index (χ2n) is 7.09. The van der Waals surface area contributed by atoms with Crippen LogP contribution in [0, 0.1) is 0 Å². The van der Waals surface area contributed by atoms with Gasteiger partial charge in [0.25, 0.3) is 5.91 Å². The van der Waals surface area contributed by atoms with Gasteiger partial charge in [-0.2, -0.15) is 0 Å². The predicted octanol–water partition coefficient (Wildman–Crippen LogP) is 2.00. The van der Waals surface area contributed by atoms with Crippen LogP contribution in [0.25, 0.3) is 0 Å². The minimum Gasteiger partial charge on any atom is -0.352 e. The minimum absolute atomic E-state index is 0. The molecule has 5 nitrogen and oxygen atoms in total. The third kappa shape index (κ3) is 6.13. The Labute approximate surface area is 150 Å². The number of hydrogen-bond acceptors (Lipinski definition) is 3. The Morgan fingerprint density at radius 3 is 2.42 bits per heavy atom. The molecule has 3 N–H and O–H groups in total. The van der Waals surface area contributed by atoms with Crippen molar-refractivity contribution in [1.29, 1.82) is 0 Å². The van der Waals surface area contributed by atoms with Crippen LogP contribution in [0.4, 0.5) is 0 Å². The molecule has 0 aliphatic carbocycles. The molecule has 0 radical (unpaired) electrons. The molecule has 1 saturated heterocycles. The topological polar surface area (TPSA) is 70.2 Å². The molecule has 0 saturated carbocycles. The summed E-state index contributed by atoms with van der Waals surface area (Å²) in [4.78, 5) is 23.9. The Balaban J connectivity index is 0.00000288. The highest BCUT2D eigenvalue weighted by atomic mass is 35.5. The van der Waals surface area contributed by atoms with Crippen LogP contribution < -0.4 is 16.0 Å². The molecule has 1 fully saturated rings. The Bertz CT molecular complexity index is 546. The molecule has 6 heteroatoms. The first kappa shape index (κ1) is 20.5. The number of carbonyl (C=O) groups excluding carboxylic acids is 2. The molecule has 2 amide bonds. The van der Waals surface area contributed by atoms with E-state index in [4.69, 9.17) is 0 Å². The Morgan fingerprint density at radius 1 is 1.21 bits per heavy atom. The molecule has 1 aromatic rings. The number of benzene rings is 1. The van der Waals surface area contributed by atoms with E-state index in [2.05, 4.69) is 36.7 Å². The summed E-state index contributed by atoms with van der Waals surface area (Å²) in [6, 6.07) is 7.85. The van der Waals surface area contributed by atoms with Crippen LogP contribution in [0.15, 0.2) is 24.3 Å². The number of rotatable bonds is 5. The molecule has 1 aromatic carbocycles. The molecule has 1 atom stereocenters. The van der Waals surface area contributed by atoms with E-state index in [1.54, 1.807) is 0 Å². The van der Waals surface area contributed by atoms with E-state index in [1.807, 2.05) is 24.3 Å². The second-order valence-corrected chi connectivity index (χ2v) is 7.09. The van der Waals surface area contributed by atoms with Gasteiger partial charge in [0.1, 0.15) is 0 Å². The van der Waals surface area contributed by atoms with E-state index >= 15 is 0 Å². The molecule has 2 rings (SSSR count). The highest BCUT2D eigenvalue weighted by Crippen LogP contribution is 2.22. The zero-order valence-corrected chi connectivity index (χ0v) is 15.5. The van der Waals surface area contributed by atoms with E-state index in [1.165, 1.54) is 5.56 Å². The number of carbonyl (C=O) groups is 2. The highest BCUT2D eigenvalue weighted by Gasteiger charge is 2.17. The standard InChI is InChI=1S/C18H27N3O2.ClH/c1-18(2,3)14-6-4-13(5-7-14)17(23)20-11-9-16(22)21-15-8-10-19-12-15;/h4-7,15,19H,8-12H2,1-3H3,(H,20,23)(H,21,22);1H. The van der Waals surface area contributed by atoms with Crippen molar-refractivity contribution in [2.75, 3.05) is 19.6 Å². The maximum Gasteiger partial charge on any atom is 0.251 e. The van der Waals surface area contributed by atoms with Gasteiger partial charge in [-0.05, 0) is 36.1 Å². The molecule has 0 aromatic heterocycles. The average molecular weight is 354 g/mol. The number of amides is 2. The van der Waals surface area contributed by atoms with Gasteiger partial charge in [0.05, 0.1) is 0 Å². The molecule has 1 unspecified atom stereocenters. The van der Waals surface area contributed by atoms with Crippen LogP contribution in [-0.2, 0) is 10.2 Å². The van der Waals surface area contributed by atoms with Crippen molar-refractivity contribution in [1.82, 2.24) is 16.0 Å². The Kier molecular flexibility index (Phi) is 7.70. The van der Waals surface area contributed by atoms with Gasteiger partial charge in [-0.15, -0.1) is 12.4 Å². The van der Waals surface area contributed by atoms with Crippen LogP contribution in [0.2, 0.25) is 0 Å². The molecular formula is C18H28ClN3O2. The summed E-state index contributed by atoms with van der Waals surface area (Å²) >= 11 is 0. The van der Waals surface area contributed by atoms with Crippen molar-refractivity contribution >= 4 is 24.2 Å². The van der Waals surface area contributed by atoms with Crippen LogP contribution in [0.5, 0.6) is 0 Å². The van der Waals surface area contributed by atoms with Crippen molar-refractivity contribution in [3.8, 4) is 0 Å². The van der Waals surface area contributed by atoms with E-state index < -0.39 is 0 Å². The normalized spacial score (nSPS) is 17.0. The molecule has 1 aliphatic rings. The summed E-state index contributed by atoms with van der Waals surface area (Å²) in [6.07, 6.45) is 1.28. The van der Waals surface area contributed by atoms with Gasteiger partial charge in [0.15, 0.2) is 0 Å². The fraction of sp³-hybridized carbons (Fsp3) is 0.556. The first-order chi connectivity index (χ1) is 10.9. The Morgan fingerprint density at radius 2 is 1.88 bits per heavy atom. The van der Waals surface area contributed by atoms with Gasteiger partial charge >= 0.3 is 0 Å². The SMILES string of the molecule is CC(C)(C)c1ccc(C(=O)NCCC(=O)NC2CCNC2)cc1.Cl. The summed E-state index contributed by atoms with van der Waals surface area (Å²) in [6.45, 7) is 8.55. The zero-order chi connectivity index (χ0) is 16.9. The van der Waals surface area contributed by atoms with Crippen molar-refractivity contribution in [2.24, 2.45) is 0 Å². The van der Waals surface area contributed by atoms with Crippen LogP contribution >= 0.6 is 12.4 Å². The molecule has 24 heavy (non-hydrogen) atoms. The van der Waals surface area contributed by atoms with E-state index in [-0.39, 0.29) is 35.7 Å². The van der Waals surface area contributed by atoms with Crippen molar-refractivity contribution in [2.45, 2.75) is 45.1 Å². The third-order valence-electron chi connectivity index (χ3n) is 4.08. The summed E-state index contributed by atoms with van der Waals surface area (Å²) in [5.41, 5.74) is 1.89. The van der Waals surface area contributed by atoms with Crippen molar-refractivity contribution < 1.29 is 9.59 Å². The van der Waals surface area contributed by atoms with E-state index in [9.17, 15) is 9.59 Å². The fourth-order valence-corrected chi connectivity index (χ4v) is 2.59. The molecule has 134 valence electrons. The molecular weight excluding hydrogens is 326 g/mol. The number of halogens is 1. The summed E-state index contributed by atoms with van der Waals surface area (Å²) in [7, 11) is 0. The van der Waals surface area contributed by atoms with Crippen LogP contribution in [0.1, 0.15) is 49.5 Å². The van der Waals surface area contributed by atoms with Gasteiger partial charge in [0.2, 0.25) is 5.91 Å². The van der Waals surface area contributed by atoms with Gasteiger partial charge < -0.3 is 16.0 Å². The maximum atomic E-state index is 12.1. The van der Waals surface area contributed by atoms with E-state index in [0.717, 1.165) is 19.5 Å². The van der Waals surface area contributed by atoms with Crippen LogP contribution in [-0.4, -0.2) is 37.5 Å². The lowest BCUT2D eigenvalue weighted by Gasteiger charge is -2.19. The van der Waals surface area contributed by atoms with Gasteiger partial charge in [-0.3, -0.25) is 9.59 Å². The van der Waals surface area contributed by atoms with Gasteiger partial charge in [-0.1, -0.05) is 32.9 Å². The smallest absolute Gasteiger partial charge is 0.251 e. The first-order valence-corrected chi connectivity index (χ1v) is 8.25. The molecule has 1 aliphatic heterocycles. The minimum atomic E-state index is -0.138. The summed E-state index contributed by atoms with van der Waals surface area (Å²) in [5.74, 6) is -0.150. The Hall–Kier alpha value is -1.59. The monoisotopic (exact) mass is 353 g/mol. The average Bonchev–Trinajstić information content (AvgIpc) is 2.99. The molecule has 1 heterocycles. The lowest BCUT2D eigenvalue weighted by molar-refractivity contribution is -0.121. The fourth-order valence-electron chi connectivity index (χ4n) is 2.59. The lowest BCUT2D eigenvalue weighted by Crippen LogP contribution is -2.38. The maximum absolute atomic E-state index is 12.1. The van der Waals surface area contributed by atoms with Gasteiger partial charge in [0, 0.05) is 31.1 Å². The zero-order valence-electron chi connectivity index (χ0n) is 14.6. The van der Waals surface area contributed by atoms with Crippen LogP contribution in [0.3, 0.4) is 0 Å². The predicted molar refractivity (Wildman–Crippen MR) is 98.8 cm³/mol. The van der Waals surface area contributed by atoms with Crippen molar-refractivity contribution in [3.05, 3.63) is 35.4 Å².